The summed E-state index contributed by atoms with van der Waals surface area (Å²) in [5.74, 6) is -0.123. The van der Waals surface area contributed by atoms with E-state index in [4.69, 9.17) is 0 Å². The van der Waals surface area contributed by atoms with E-state index < -0.39 is 9.84 Å². The number of hydrogen-bond donors (Lipinski definition) is 1. The van der Waals surface area contributed by atoms with Gasteiger partial charge >= 0.3 is 0 Å². The predicted octanol–water partition coefficient (Wildman–Crippen LogP) is 2.58. The molecule has 1 aromatic carbocycles. The van der Waals surface area contributed by atoms with Crippen LogP contribution in [0.4, 0.5) is 0 Å². The van der Waals surface area contributed by atoms with Gasteiger partial charge in [0.05, 0.1) is 17.9 Å². The molecule has 1 N–H and O–H groups in total. The van der Waals surface area contributed by atoms with Gasteiger partial charge in [-0.05, 0) is 30.9 Å². The van der Waals surface area contributed by atoms with Crippen molar-refractivity contribution >= 4 is 21.8 Å². The summed E-state index contributed by atoms with van der Waals surface area (Å²) in [6, 6.07) is 9.30. The van der Waals surface area contributed by atoms with E-state index in [-0.39, 0.29) is 16.8 Å². The highest BCUT2D eigenvalue weighted by atomic mass is 32.2. The van der Waals surface area contributed by atoms with Crippen molar-refractivity contribution in [1.82, 2.24) is 15.1 Å². The summed E-state index contributed by atoms with van der Waals surface area (Å²) < 4.78 is 23.9. The lowest BCUT2D eigenvalue weighted by Crippen LogP contribution is -2.38. The van der Waals surface area contributed by atoms with Gasteiger partial charge in [0, 0.05) is 18.9 Å². The molecule has 0 bridgehead atoms. The summed E-state index contributed by atoms with van der Waals surface area (Å²) in [5.41, 5.74) is 1.45. The molecule has 0 saturated carbocycles. The monoisotopic (exact) mass is 359 g/mol. The van der Waals surface area contributed by atoms with E-state index in [1.807, 2.05) is 30.3 Å². The summed E-state index contributed by atoms with van der Waals surface area (Å²) in [6.45, 7) is 0.602. The molecule has 0 spiro atoms. The molecule has 2 heterocycles. The van der Waals surface area contributed by atoms with E-state index in [2.05, 4.69) is 10.2 Å². The summed E-state index contributed by atoms with van der Waals surface area (Å²) in [7, 11) is -3.39. The average Bonchev–Trinajstić information content (AvgIpc) is 3.10. The Kier molecular flexibility index (Phi) is 5.03. The number of rotatable bonds is 4. The van der Waals surface area contributed by atoms with Crippen LogP contribution in [0, 0.1) is 0 Å². The molecular formula is C18H21N3O3S. The first-order chi connectivity index (χ1) is 12.0. The quantitative estimate of drug-likeness (QED) is 0.851. The fourth-order valence-electron chi connectivity index (χ4n) is 3.14. The molecule has 132 valence electrons. The van der Waals surface area contributed by atoms with Gasteiger partial charge in [-0.1, -0.05) is 30.3 Å². The van der Waals surface area contributed by atoms with Crippen LogP contribution < -0.4 is 0 Å². The highest BCUT2D eigenvalue weighted by Crippen LogP contribution is 2.33. The highest BCUT2D eigenvalue weighted by Gasteiger charge is 2.31. The maximum Gasteiger partial charge on any atom is 0.247 e. The minimum absolute atomic E-state index is 0.123. The van der Waals surface area contributed by atoms with Crippen LogP contribution >= 0.6 is 0 Å². The SMILES string of the molecule is CS(=O)(=O)c1cn[nH]c1C1CCCCN1C(=O)/C=C/c1ccccc1. The van der Waals surface area contributed by atoms with Crippen molar-refractivity contribution in [3.63, 3.8) is 0 Å². The number of hydrogen-bond acceptors (Lipinski definition) is 4. The lowest BCUT2D eigenvalue weighted by atomic mass is 9.99. The van der Waals surface area contributed by atoms with Crippen LogP contribution in [-0.2, 0) is 14.6 Å². The molecule has 1 atom stereocenters. The third kappa shape index (κ3) is 3.99. The fraction of sp³-hybridized carbons (Fsp3) is 0.333. The van der Waals surface area contributed by atoms with Crippen LogP contribution in [0.3, 0.4) is 0 Å². The number of H-pyrrole nitrogens is 1. The number of sulfone groups is 1. The summed E-state index contributed by atoms with van der Waals surface area (Å²) in [4.78, 5) is 14.6. The molecular weight excluding hydrogens is 338 g/mol. The highest BCUT2D eigenvalue weighted by molar-refractivity contribution is 7.90. The molecule has 1 unspecified atom stereocenters. The normalized spacial score (nSPS) is 18.6. The van der Waals surface area contributed by atoms with E-state index in [9.17, 15) is 13.2 Å². The Morgan fingerprint density at radius 1 is 1.28 bits per heavy atom. The topological polar surface area (TPSA) is 83.1 Å². The molecule has 1 aromatic heterocycles. The number of carbonyl (C=O) groups is 1. The van der Waals surface area contributed by atoms with Crippen LogP contribution in [0.25, 0.3) is 6.08 Å². The first-order valence-corrected chi connectivity index (χ1v) is 10.1. The lowest BCUT2D eigenvalue weighted by Gasteiger charge is -2.34. The van der Waals surface area contributed by atoms with Gasteiger partial charge < -0.3 is 4.90 Å². The number of nitrogens with zero attached hydrogens (tertiary/aromatic N) is 2. The molecule has 1 aliphatic heterocycles. The minimum Gasteiger partial charge on any atom is -0.331 e. The predicted molar refractivity (Wildman–Crippen MR) is 95.5 cm³/mol. The number of benzene rings is 1. The van der Waals surface area contributed by atoms with Gasteiger partial charge in [-0.3, -0.25) is 9.89 Å². The number of carbonyl (C=O) groups excluding carboxylic acids is 1. The maximum absolute atomic E-state index is 12.7. The largest absolute Gasteiger partial charge is 0.331 e. The Balaban J connectivity index is 1.86. The number of aromatic nitrogens is 2. The number of likely N-dealkylation sites (tertiary alicyclic amines) is 1. The molecule has 7 heteroatoms. The van der Waals surface area contributed by atoms with Crippen LogP contribution in [0.2, 0.25) is 0 Å². The molecule has 3 rings (SSSR count). The number of aromatic amines is 1. The number of piperidine rings is 1. The van der Waals surface area contributed by atoms with Crippen LogP contribution in [0.5, 0.6) is 0 Å². The van der Waals surface area contributed by atoms with Crippen LogP contribution in [-0.4, -0.2) is 42.2 Å². The van der Waals surface area contributed by atoms with E-state index in [1.54, 1.807) is 17.1 Å². The van der Waals surface area contributed by atoms with E-state index in [0.29, 0.717) is 12.2 Å². The van der Waals surface area contributed by atoms with Crippen molar-refractivity contribution in [3.8, 4) is 0 Å². The third-order valence-corrected chi connectivity index (χ3v) is 5.49. The molecule has 6 nitrogen and oxygen atoms in total. The van der Waals surface area contributed by atoms with Crippen molar-refractivity contribution in [2.75, 3.05) is 12.8 Å². The zero-order valence-electron chi connectivity index (χ0n) is 14.1. The number of amides is 1. The van der Waals surface area contributed by atoms with Gasteiger partial charge in [0.2, 0.25) is 5.91 Å². The van der Waals surface area contributed by atoms with Crippen LogP contribution in [0.15, 0.2) is 47.5 Å². The van der Waals surface area contributed by atoms with Crippen molar-refractivity contribution in [2.24, 2.45) is 0 Å². The number of nitrogens with one attached hydrogen (secondary N) is 1. The standard InChI is InChI=1S/C18H21N3O3S/c1-25(23,24)16-13-19-20-18(16)15-9-5-6-12-21(15)17(22)11-10-14-7-3-2-4-8-14/h2-4,7-8,10-11,13,15H,5-6,9,12H2,1H3,(H,19,20)/b11-10+. The molecule has 1 saturated heterocycles. The average molecular weight is 359 g/mol. The zero-order chi connectivity index (χ0) is 17.9. The van der Waals surface area contributed by atoms with Gasteiger partial charge in [0.25, 0.3) is 0 Å². The van der Waals surface area contributed by atoms with Crippen molar-refractivity contribution in [1.29, 1.82) is 0 Å². The second-order valence-electron chi connectivity index (χ2n) is 6.21. The van der Waals surface area contributed by atoms with Gasteiger partial charge in [-0.15, -0.1) is 0 Å². The molecule has 1 amide bonds. The van der Waals surface area contributed by atoms with Crippen molar-refractivity contribution in [2.45, 2.75) is 30.2 Å². The lowest BCUT2D eigenvalue weighted by molar-refractivity contribution is -0.129. The smallest absolute Gasteiger partial charge is 0.247 e. The summed E-state index contributed by atoms with van der Waals surface area (Å²) in [5, 5.41) is 6.68. The molecule has 0 aliphatic carbocycles. The second kappa shape index (κ2) is 7.23. The van der Waals surface area contributed by atoms with Gasteiger partial charge in [-0.25, -0.2) is 8.42 Å². The van der Waals surface area contributed by atoms with E-state index in [0.717, 1.165) is 31.1 Å². The summed E-state index contributed by atoms with van der Waals surface area (Å²) in [6.07, 6.45) is 8.37. The van der Waals surface area contributed by atoms with Gasteiger partial charge in [-0.2, -0.15) is 5.10 Å². The Labute approximate surface area is 147 Å². The molecule has 25 heavy (non-hydrogen) atoms. The minimum atomic E-state index is -3.39. The molecule has 2 aromatic rings. The first-order valence-electron chi connectivity index (χ1n) is 8.24. The second-order valence-corrected chi connectivity index (χ2v) is 8.19. The van der Waals surface area contributed by atoms with Crippen molar-refractivity contribution in [3.05, 3.63) is 53.9 Å². The Hall–Kier alpha value is -2.41. The maximum atomic E-state index is 12.7. The first kappa shape index (κ1) is 17.4. The molecule has 1 aliphatic rings. The third-order valence-electron chi connectivity index (χ3n) is 4.37. The van der Waals surface area contributed by atoms with Crippen molar-refractivity contribution < 1.29 is 13.2 Å². The Bertz CT molecular complexity index is 872. The Morgan fingerprint density at radius 3 is 2.76 bits per heavy atom. The zero-order valence-corrected chi connectivity index (χ0v) is 14.9. The fourth-order valence-corrected chi connectivity index (χ4v) is 3.97. The van der Waals surface area contributed by atoms with E-state index in [1.165, 1.54) is 6.20 Å². The van der Waals surface area contributed by atoms with Crippen LogP contribution in [0.1, 0.15) is 36.6 Å². The van der Waals surface area contributed by atoms with E-state index >= 15 is 0 Å². The molecule has 0 radical (unpaired) electrons. The molecule has 1 fully saturated rings. The van der Waals surface area contributed by atoms with Gasteiger partial charge in [0.15, 0.2) is 9.84 Å². The van der Waals surface area contributed by atoms with Gasteiger partial charge in [0.1, 0.15) is 4.90 Å². The Morgan fingerprint density at radius 2 is 2.04 bits per heavy atom. The summed E-state index contributed by atoms with van der Waals surface area (Å²) >= 11 is 0.